The van der Waals surface area contributed by atoms with Gasteiger partial charge in [-0.25, -0.2) is 17.2 Å². The molecule has 0 radical (unpaired) electrons. The zero-order valence-electron chi connectivity index (χ0n) is 16.8. The van der Waals surface area contributed by atoms with Crippen molar-refractivity contribution in [3.05, 3.63) is 112 Å². The van der Waals surface area contributed by atoms with Gasteiger partial charge in [0.1, 0.15) is 17.4 Å². The summed E-state index contributed by atoms with van der Waals surface area (Å²) in [4.78, 5) is -0.375. The van der Waals surface area contributed by atoms with Crippen molar-refractivity contribution in [2.24, 2.45) is 0 Å². The number of aryl methyl sites for hydroxylation is 1. The van der Waals surface area contributed by atoms with Gasteiger partial charge in [0, 0.05) is 5.57 Å². The first kappa shape index (κ1) is 22.7. The maximum Gasteiger partial charge on any atom is 0.207 e. The molecule has 0 aromatic heterocycles. The predicted molar refractivity (Wildman–Crippen MR) is 119 cm³/mol. The molecule has 160 valence electrons. The van der Waals surface area contributed by atoms with E-state index in [-0.39, 0.29) is 20.4 Å². The van der Waals surface area contributed by atoms with Crippen LogP contribution in [0.3, 0.4) is 0 Å². The standard InChI is InChI=1S/C24H19ClF2O3S/c1-4-23(31(28,29)19-10-11-22(27)21(25)14-19)24(16-6-5-7-18(12-16)30-3)20-13-17(26)9-8-15(20)2/h4-14H,1H2,2-3H3/b24-23+. The van der Waals surface area contributed by atoms with Crippen LogP contribution in [0, 0.1) is 18.6 Å². The van der Waals surface area contributed by atoms with Crippen molar-refractivity contribution in [2.75, 3.05) is 7.11 Å². The van der Waals surface area contributed by atoms with E-state index in [9.17, 15) is 17.2 Å². The molecule has 3 rings (SSSR count). The summed E-state index contributed by atoms with van der Waals surface area (Å²) < 4.78 is 60.1. The molecule has 0 spiro atoms. The Balaban J connectivity index is 2.42. The summed E-state index contributed by atoms with van der Waals surface area (Å²) in [5.74, 6) is -0.764. The summed E-state index contributed by atoms with van der Waals surface area (Å²) in [7, 11) is -2.70. The lowest BCUT2D eigenvalue weighted by atomic mass is 9.93. The normalized spacial score (nSPS) is 12.3. The van der Waals surface area contributed by atoms with E-state index >= 15 is 0 Å². The smallest absolute Gasteiger partial charge is 0.207 e. The van der Waals surface area contributed by atoms with Crippen LogP contribution in [0.1, 0.15) is 16.7 Å². The first-order valence-electron chi connectivity index (χ1n) is 9.17. The lowest BCUT2D eigenvalue weighted by molar-refractivity contribution is 0.414. The first-order chi connectivity index (χ1) is 14.7. The van der Waals surface area contributed by atoms with Crippen LogP contribution in [0.25, 0.3) is 5.57 Å². The van der Waals surface area contributed by atoms with Crippen LogP contribution in [-0.2, 0) is 9.84 Å². The van der Waals surface area contributed by atoms with Crippen LogP contribution in [0.5, 0.6) is 5.75 Å². The molecule has 0 fully saturated rings. The lowest BCUT2D eigenvalue weighted by Gasteiger charge is -2.17. The van der Waals surface area contributed by atoms with Crippen LogP contribution in [0.15, 0.2) is 83.1 Å². The van der Waals surface area contributed by atoms with Gasteiger partial charge in [0.2, 0.25) is 9.84 Å². The van der Waals surface area contributed by atoms with Crippen molar-refractivity contribution in [1.82, 2.24) is 0 Å². The highest BCUT2D eigenvalue weighted by molar-refractivity contribution is 7.95. The number of allylic oxidation sites excluding steroid dienone is 1. The molecule has 0 unspecified atom stereocenters. The second-order valence-corrected chi connectivity index (χ2v) is 9.04. The number of rotatable bonds is 6. The third kappa shape index (κ3) is 4.55. The van der Waals surface area contributed by atoms with Gasteiger partial charge >= 0.3 is 0 Å². The zero-order chi connectivity index (χ0) is 22.8. The van der Waals surface area contributed by atoms with Crippen LogP contribution in [0.4, 0.5) is 8.78 Å². The number of ether oxygens (including phenoxy) is 1. The number of hydrogen-bond acceptors (Lipinski definition) is 3. The number of sulfone groups is 1. The van der Waals surface area contributed by atoms with E-state index in [2.05, 4.69) is 6.58 Å². The Morgan fingerprint density at radius 2 is 1.81 bits per heavy atom. The Hall–Kier alpha value is -2.96. The van der Waals surface area contributed by atoms with Crippen molar-refractivity contribution >= 4 is 27.0 Å². The molecule has 3 aromatic rings. The SMILES string of the molecule is C=C/C(=C(/c1cccc(OC)c1)c1cc(F)ccc1C)S(=O)(=O)c1ccc(F)c(Cl)c1. The molecule has 3 nitrogen and oxygen atoms in total. The summed E-state index contributed by atoms with van der Waals surface area (Å²) in [5.41, 5.74) is 1.76. The van der Waals surface area contributed by atoms with Crippen LogP contribution in [-0.4, -0.2) is 15.5 Å². The van der Waals surface area contributed by atoms with Gasteiger partial charge in [-0.2, -0.15) is 0 Å². The quantitative estimate of drug-likeness (QED) is 0.318. The highest BCUT2D eigenvalue weighted by atomic mass is 35.5. The third-order valence-corrected chi connectivity index (χ3v) is 6.86. The van der Waals surface area contributed by atoms with Crippen LogP contribution >= 0.6 is 11.6 Å². The summed E-state index contributed by atoms with van der Waals surface area (Å²) in [6, 6.07) is 14.0. The number of methoxy groups -OCH3 is 1. The minimum absolute atomic E-state index is 0.169. The molecule has 0 N–H and O–H groups in total. The fourth-order valence-corrected chi connectivity index (χ4v) is 4.93. The molecule has 0 aliphatic carbocycles. The molecule has 0 atom stereocenters. The van der Waals surface area contributed by atoms with Gasteiger partial charge < -0.3 is 4.74 Å². The van der Waals surface area contributed by atoms with Crippen molar-refractivity contribution < 1.29 is 21.9 Å². The molecule has 0 saturated heterocycles. The Morgan fingerprint density at radius 1 is 1.06 bits per heavy atom. The highest BCUT2D eigenvalue weighted by Gasteiger charge is 2.26. The number of benzene rings is 3. The van der Waals surface area contributed by atoms with Gasteiger partial charge in [0.15, 0.2) is 0 Å². The van der Waals surface area contributed by atoms with Gasteiger partial charge in [-0.15, -0.1) is 0 Å². The van der Waals surface area contributed by atoms with Crippen LogP contribution in [0.2, 0.25) is 5.02 Å². The van der Waals surface area contributed by atoms with E-state index in [0.717, 1.165) is 18.2 Å². The van der Waals surface area contributed by atoms with E-state index in [0.29, 0.717) is 22.4 Å². The highest BCUT2D eigenvalue weighted by Crippen LogP contribution is 2.37. The van der Waals surface area contributed by atoms with Gasteiger partial charge in [0.25, 0.3) is 0 Å². The third-order valence-electron chi connectivity index (χ3n) is 4.75. The Morgan fingerprint density at radius 3 is 2.45 bits per heavy atom. The maximum atomic E-state index is 14.2. The Bertz CT molecular complexity index is 1300. The largest absolute Gasteiger partial charge is 0.497 e. The van der Waals surface area contributed by atoms with Crippen molar-refractivity contribution in [2.45, 2.75) is 11.8 Å². The monoisotopic (exact) mass is 460 g/mol. The fourth-order valence-electron chi connectivity index (χ4n) is 3.19. The predicted octanol–water partition coefficient (Wildman–Crippen LogP) is 6.35. The molecule has 0 bridgehead atoms. The van der Waals surface area contributed by atoms with Crippen molar-refractivity contribution in [3.63, 3.8) is 0 Å². The molecule has 31 heavy (non-hydrogen) atoms. The van der Waals surface area contributed by atoms with E-state index < -0.39 is 21.5 Å². The molecular formula is C24H19ClF2O3S. The van der Waals surface area contributed by atoms with Gasteiger partial charge in [-0.1, -0.05) is 36.4 Å². The Kier molecular flexibility index (Phi) is 6.62. The summed E-state index contributed by atoms with van der Waals surface area (Å²) in [6.45, 7) is 5.44. The topological polar surface area (TPSA) is 43.4 Å². The van der Waals surface area contributed by atoms with E-state index in [4.69, 9.17) is 16.3 Å². The molecule has 0 aliphatic rings. The van der Waals surface area contributed by atoms with E-state index in [1.807, 2.05) is 0 Å². The number of hydrogen-bond donors (Lipinski definition) is 0. The second kappa shape index (κ2) is 9.04. The molecule has 3 aromatic carbocycles. The average Bonchev–Trinajstić information content (AvgIpc) is 2.75. The van der Waals surface area contributed by atoms with Gasteiger partial charge in [-0.3, -0.25) is 0 Å². The minimum Gasteiger partial charge on any atom is -0.497 e. The van der Waals surface area contributed by atoms with E-state index in [1.54, 1.807) is 37.3 Å². The summed E-state index contributed by atoms with van der Waals surface area (Å²) in [6.07, 6.45) is 1.19. The second-order valence-electron chi connectivity index (χ2n) is 6.71. The fraction of sp³-hybridized carbons (Fsp3) is 0.0833. The summed E-state index contributed by atoms with van der Waals surface area (Å²) in [5, 5.41) is -0.325. The zero-order valence-corrected chi connectivity index (χ0v) is 18.4. The van der Waals surface area contributed by atoms with E-state index in [1.165, 1.54) is 25.3 Å². The van der Waals surface area contributed by atoms with Gasteiger partial charge in [0.05, 0.1) is 21.9 Å². The van der Waals surface area contributed by atoms with Gasteiger partial charge in [-0.05, 0) is 72.2 Å². The number of halogens is 3. The molecule has 0 saturated carbocycles. The lowest BCUT2D eigenvalue weighted by Crippen LogP contribution is -2.08. The first-order valence-corrected chi connectivity index (χ1v) is 11.0. The van der Waals surface area contributed by atoms with Crippen LogP contribution < -0.4 is 4.74 Å². The van der Waals surface area contributed by atoms with Crippen molar-refractivity contribution in [1.29, 1.82) is 0 Å². The molecular weight excluding hydrogens is 442 g/mol. The summed E-state index contributed by atoms with van der Waals surface area (Å²) >= 11 is 5.82. The minimum atomic E-state index is -4.19. The van der Waals surface area contributed by atoms with Crippen molar-refractivity contribution in [3.8, 4) is 5.75 Å². The molecule has 0 aliphatic heterocycles. The maximum absolute atomic E-state index is 14.2. The molecule has 7 heteroatoms. The average molecular weight is 461 g/mol. The molecule has 0 heterocycles. The molecule has 0 amide bonds. The Labute approximate surface area is 185 Å².